The molecule has 148 valence electrons. The van der Waals surface area contributed by atoms with Gasteiger partial charge >= 0.3 is 0 Å². The Morgan fingerprint density at radius 1 is 1.31 bits per heavy atom. The molecule has 0 bridgehead atoms. The largest absolute Gasteiger partial charge is 0.326 e. The number of fused-ring (bicyclic) bond motifs is 1. The van der Waals surface area contributed by atoms with Gasteiger partial charge in [-0.15, -0.1) is 0 Å². The number of aliphatic imine (C=N–C) groups is 1. The van der Waals surface area contributed by atoms with Gasteiger partial charge in [-0.3, -0.25) is 14.5 Å². The van der Waals surface area contributed by atoms with Crippen molar-refractivity contribution in [3.8, 4) is 0 Å². The standard InChI is InChI=1S/C20H17ClN4O2S2/c1-11-7-8-12(9-13(11)21)22-17(26)10-16-18(27)25(2)20(29-16)24-19-23-14-5-3-4-6-15(14)28-19/h3-9,16H,10H2,1-2H3,(H,22,26)/b24-20+. The number of anilines is 1. The fraction of sp³-hybridized carbons (Fsp3) is 0.200. The maximum atomic E-state index is 12.6. The molecule has 0 aliphatic carbocycles. The average Bonchev–Trinajstić information content (AvgIpc) is 3.21. The molecule has 9 heteroatoms. The van der Waals surface area contributed by atoms with Crippen molar-refractivity contribution in [3.05, 3.63) is 53.1 Å². The number of amides is 2. The van der Waals surface area contributed by atoms with Crippen molar-refractivity contribution in [1.29, 1.82) is 0 Å². The summed E-state index contributed by atoms with van der Waals surface area (Å²) < 4.78 is 1.04. The molecule has 1 aromatic heterocycles. The van der Waals surface area contributed by atoms with Gasteiger partial charge in [0.25, 0.3) is 0 Å². The van der Waals surface area contributed by atoms with E-state index in [0.29, 0.717) is 21.0 Å². The molecule has 2 heterocycles. The molecule has 1 unspecified atom stereocenters. The van der Waals surface area contributed by atoms with Gasteiger partial charge in [-0.25, -0.2) is 4.98 Å². The number of hydrogen-bond acceptors (Lipinski definition) is 6. The van der Waals surface area contributed by atoms with Gasteiger partial charge in [0.05, 0.1) is 10.2 Å². The van der Waals surface area contributed by atoms with Gasteiger partial charge in [0.2, 0.25) is 16.9 Å². The van der Waals surface area contributed by atoms with Crippen LogP contribution in [-0.4, -0.2) is 39.2 Å². The van der Waals surface area contributed by atoms with Gasteiger partial charge < -0.3 is 5.32 Å². The van der Waals surface area contributed by atoms with E-state index in [1.54, 1.807) is 19.2 Å². The summed E-state index contributed by atoms with van der Waals surface area (Å²) in [5.74, 6) is -0.391. The smallest absolute Gasteiger partial charge is 0.242 e. The molecule has 0 saturated carbocycles. The summed E-state index contributed by atoms with van der Waals surface area (Å²) in [7, 11) is 1.67. The first kappa shape index (κ1) is 19.9. The third-order valence-electron chi connectivity index (χ3n) is 4.44. The van der Waals surface area contributed by atoms with Crippen molar-refractivity contribution < 1.29 is 9.59 Å². The summed E-state index contributed by atoms with van der Waals surface area (Å²) in [5.41, 5.74) is 2.42. The number of thioether (sulfide) groups is 1. The lowest BCUT2D eigenvalue weighted by atomic mass is 10.2. The second kappa shape index (κ2) is 8.14. The predicted molar refractivity (Wildman–Crippen MR) is 120 cm³/mol. The number of thiazole rings is 1. The Bertz CT molecular complexity index is 1110. The van der Waals surface area contributed by atoms with Gasteiger partial charge in [0, 0.05) is 24.2 Å². The van der Waals surface area contributed by atoms with E-state index >= 15 is 0 Å². The van der Waals surface area contributed by atoms with Crippen molar-refractivity contribution >= 4 is 72.7 Å². The van der Waals surface area contributed by atoms with Gasteiger partial charge in [-0.05, 0) is 36.8 Å². The molecule has 1 aliphatic rings. The van der Waals surface area contributed by atoms with Gasteiger partial charge in [-0.2, -0.15) is 4.99 Å². The molecule has 2 aromatic carbocycles. The number of aromatic nitrogens is 1. The van der Waals surface area contributed by atoms with Crippen LogP contribution in [0.4, 0.5) is 10.8 Å². The van der Waals surface area contributed by atoms with Crippen LogP contribution in [0.3, 0.4) is 0 Å². The molecule has 0 spiro atoms. The summed E-state index contributed by atoms with van der Waals surface area (Å²) in [6.45, 7) is 1.89. The van der Waals surface area contributed by atoms with E-state index < -0.39 is 5.25 Å². The molecule has 1 atom stereocenters. The molecule has 6 nitrogen and oxygen atoms in total. The van der Waals surface area contributed by atoms with Crippen molar-refractivity contribution in [1.82, 2.24) is 9.88 Å². The number of hydrogen-bond donors (Lipinski definition) is 1. The van der Waals surface area contributed by atoms with Crippen LogP contribution in [0.25, 0.3) is 10.2 Å². The summed E-state index contributed by atoms with van der Waals surface area (Å²) >= 11 is 8.85. The fourth-order valence-electron chi connectivity index (χ4n) is 2.84. The van der Waals surface area contributed by atoms with Crippen LogP contribution in [0.5, 0.6) is 0 Å². The average molecular weight is 445 g/mol. The minimum Gasteiger partial charge on any atom is -0.326 e. The highest BCUT2D eigenvalue weighted by Crippen LogP contribution is 2.34. The molecule has 1 saturated heterocycles. The number of benzene rings is 2. The Kier molecular flexibility index (Phi) is 5.58. The Morgan fingerprint density at radius 2 is 2.10 bits per heavy atom. The third-order valence-corrected chi connectivity index (χ3v) is 7.01. The first-order valence-corrected chi connectivity index (χ1v) is 10.9. The zero-order valence-electron chi connectivity index (χ0n) is 15.7. The van der Waals surface area contributed by atoms with E-state index in [-0.39, 0.29) is 18.2 Å². The first-order valence-electron chi connectivity index (χ1n) is 8.85. The Morgan fingerprint density at radius 3 is 2.86 bits per heavy atom. The zero-order valence-corrected chi connectivity index (χ0v) is 18.1. The lowest BCUT2D eigenvalue weighted by Crippen LogP contribution is -2.30. The fourth-order valence-corrected chi connectivity index (χ4v) is 5.05. The van der Waals surface area contributed by atoms with E-state index in [1.807, 2.05) is 37.3 Å². The van der Waals surface area contributed by atoms with Crippen LogP contribution in [-0.2, 0) is 9.59 Å². The highest BCUT2D eigenvalue weighted by molar-refractivity contribution is 8.15. The topological polar surface area (TPSA) is 74.7 Å². The van der Waals surface area contributed by atoms with E-state index in [0.717, 1.165) is 15.8 Å². The second-order valence-electron chi connectivity index (χ2n) is 6.58. The van der Waals surface area contributed by atoms with Gasteiger partial charge in [-0.1, -0.05) is 52.9 Å². The number of nitrogens with zero attached hydrogens (tertiary/aromatic N) is 3. The highest BCUT2D eigenvalue weighted by Gasteiger charge is 2.37. The normalized spacial score (nSPS) is 18.0. The number of nitrogens with one attached hydrogen (secondary N) is 1. The molecule has 0 radical (unpaired) electrons. The van der Waals surface area contributed by atoms with E-state index in [9.17, 15) is 9.59 Å². The maximum absolute atomic E-state index is 12.6. The van der Waals surface area contributed by atoms with E-state index in [2.05, 4.69) is 15.3 Å². The van der Waals surface area contributed by atoms with Crippen LogP contribution in [0.1, 0.15) is 12.0 Å². The lowest BCUT2D eigenvalue weighted by molar-refractivity contribution is -0.127. The maximum Gasteiger partial charge on any atom is 0.242 e. The highest BCUT2D eigenvalue weighted by atomic mass is 35.5. The van der Waals surface area contributed by atoms with Crippen LogP contribution < -0.4 is 5.32 Å². The summed E-state index contributed by atoms with van der Waals surface area (Å²) in [6.07, 6.45) is 0.0538. The Balaban J connectivity index is 1.45. The van der Waals surface area contributed by atoms with Crippen molar-refractivity contribution in [2.24, 2.45) is 4.99 Å². The lowest BCUT2D eigenvalue weighted by Gasteiger charge is -2.10. The number of carbonyl (C=O) groups excluding carboxylic acids is 2. The predicted octanol–water partition coefficient (Wildman–Crippen LogP) is 4.85. The molecule has 4 rings (SSSR count). The van der Waals surface area contributed by atoms with Crippen molar-refractivity contribution in [2.75, 3.05) is 12.4 Å². The van der Waals surface area contributed by atoms with Gasteiger partial charge in [0.15, 0.2) is 5.17 Å². The monoisotopic (exact) mass is 444 g/mol. The number of rotatable bonds is 4. The van der Waals surface area contributed by atoms with Crippen molar-refractivity contribution in [2.45, 2.75) is 18.6 Å². The zero-order chi connectivity index (χ0) is 20.5. The number of aryl methyl sites for hydroxylation is 1. The van der Waals surface area contributed by atoms with Gasteiger partial charge in [0.1, 0.15) is 5.25 Å². The number of para-hydroxylation sites is 1. The molecule has 1 fully saturated rings. The quantitative estimate of drug-likeness (QED) is 0.624. The van der Waals surface area contributed by atoms with Crippen LogP contribution in [0.2, 0.25) is 5.02 Å². The molecular weight excluding hydrogens is 428 g/mol. The molecular formula is C20H17ClN4O2S2. The SMILES string of the molecule is Cc1ccc(NC(=O)CC2S/C(=N/c3nc4ccccc4s3)N(C)C2=O)cc1Cl. The number of amidine groups is 1. The first-order chi connectivity index (χ1) is 13.9. The van der Waals surface area contributed by atoms with Crippen LogP contribution in [0, 0.1) is 6.92 Å². The summed E-state index contributed by atoms with van der Waals surface area (Å²) in [4.78, 5) is 35.5. The second-order valence-corrected chi connectivity index (χ2v) is 9.16. The Hall–Kier alpha value is -2.42. The molecule has 1 N–H and O–H groups in total. The summed E-state index contributed by atoms with van der Waals surface area (Å²) in [5, 5.41) is 4.00. The van der Waals surface area contributed by atoms with Crippen LogP contribution in [0.15, 0.2) is 47.5 Å². The van der Waals surface area contributed by atoms with E-state index in [1.165, 1.54) is 28.0 Å². The third kappa shape index (κ3) is 4.29. The summed E-state index contributed by atoms with van der Waals surface area (Å²) in [6, 6.07) is 13.1. The Labute approximate surface area is 181 Å². The number of halogens is 1. The molecule has 29 heavy (non-hydrogen) atoms. The minimum atomic E-state index is -0.519. The number of carbonyl (C=O) groups is 2. The van der Waals surface area contributed by atoms with E-state index in [4.69, 9.17) is 11.6 Å². The van der Waals surface area contributed by atoms with Crippen LogP contribution >= 0.6 is 34.7 Å². The molecule has 1 aliphatic heterocycles. The molecule has 2 amide bonds. The minimum absolute atomic E-state index is 0.0538. The van der Waals surface area contributed by atoms with Crippen molar-refractivity contribution in [3.63, 3.8) is 0 Å². The molecule has 3 aromatic rings.